The molecule has 0 unspecified atom stereocenters. The van der Waals surface area contributed by atoms with Crippen molar-refractivity contribution in [3.8, 4) is 0 Å². The van der Waals surface area contributed by atoms with Crippen LogP contribution in [0.3, 0.4) is 0 Å². The summed E-state index contributed by atoms with van der Waals surface area (Å²) in [5, 5.41) is 3.31. The Balaban J connectivity index is 2.15. The molecule has 0 aromatic heterocycles. The highest BCUT2D eigenvalue weighted by atomic mass is 35.5. The van der Waals surface area contributed by atoms with E-state index in [0.717, 1.165) is 34.9 Å². The Labute approximate surface area is 188 Å². The van der Waals surface area contributed by atoms with Gasteiger partial charge in [-0.3, -0.25) is 9.10 Å². The Bertz CT molecular complexity index is 977. The SMILES string of the molecule is CCN(CC)c1ccc(CNC(=O)[C@H](C)N(c2cc(Cl)ccc2Cl)S(C)(=O)=O)cc1. The first-order chi connectivity index (χ1) is 14.1. The standard InChI is InChI=1S/C21H27Cl2N3O3S/c1-5-25(6-2)18-10-7-16(8-11-18)14-24-21(27)15(3)26(30(4,28)29)20-13-17(22)9-12-19(20)23/h7-13,15H,5-6,14H2,1-4H3,(H,24,27)/t15-/m0/s1. The molecule has 2 aromatic carbocycles. The largest absolute Gasteiger partial charge is 0.372 e. The first kappa shape index (κ1) is 24.3. The molecule has 0 aliphatic rings. The van der Waals surface area contributed by atoms with Crippen LogP contribution in [0, 0.1) is 0 Å². The van der Waals surface area contributed by atoms with E-state index < -0.39 is 22.0 Å². The van der Waals surface area contributed by atoms with Crippen LogP contribution >= 0.6 is 23.2 Å². The Morgan fingerprint density at radius 1 is 1.07 bits per heavy atom. The highest BCUT2D eigenvalue weighted by molar-refractivity contribution is 7.92. The van der Waals surface area contributed by atoms with E-state index in [2.05, 4.69) is 24.1 Å². The summed E-state index contributed by atoms with van der Waals surface area (Å²) in [5.74, 6) is -0.440. The molecule has 1 amide bonds. The number of nitrogens with one attached hydrogen (secondary N) is 1. The second-order valence-corrected chi connectivity index (χ2v) is 9.59. The van der Waals surface area contributed by atoms with E-state index in [9.17, 15) is 13.2 Å². The van der Waals surface area contributed by atoms with Crippen LogP contribution in [-0.4, -0.2) is 39.7 Å². The molecule has 0 spiro atoms. The number of sulfonamides is 1. The molecule has 0 saturated carbocycles. The van der Waals surface area contributed by atoms with E-state index in [-0.39, 0.29) is 17.3 Å². The van der Waals surface area contributed by atoms with Crippen LogP contribution in [0.15, 0.2) is 42.5 Å². The van der Waals surface area contributed by atoms with E-state index >= 15 is 0 Å². The number of nitrogens with zero attached hydrogens (tertiary/aromatic N) is 2. The summed E-state index contributed by atoms with van der Waals surface area (Å²) >= 11 is 12.2. The van der Waals surface area contributed by atoms with E-state index in [1.165, 1.54) is 19.1 Å². The topological polar surface area (TPSA) is 69.7 Å². The minimum atomic E-state index is -3.78. The van der Waals surface area contributed by atoms with Gasteiger partial charge < -0.3 is 10.2 Å². The van der Waals surface area contributed by atoms with Gasteiger partial charge in [0.25, 0.3) is 0 Å². The summed E-state index contributed by atoms with van der Waals surface area (Å²) in [6.45, 7) is 7.81. The first-order valence-corrected chi connectivity index (χ1v) is 12.2. The van der Waals surface area contributed by atoms with E-state index in [4.69, 9.17) is 23.2 Å². The third-order valence-corrected chi connectivity index (χ3v) is 6.55. The molecule has 0 bridgehead atoms. The van der Waals surface area contributed by atoms with Crippen molar-refractivity contribution in [2.24, 2.45) is 0 Å². The summed E-state index contributed by atoms with van der Waals surface area (Å²) in [7, 11) is -3.78. The second-order valence-electron chi connectivity index (χ2n) is 6.89. The van der Waals surface area contributed by atoms with E-state index in [0.29, 0.717) is 5.02 Å². The van der Waals surface area contributed by atoms with Crippen LogP contribution in [0.5, 0.6) is 0 Å². The van der Waals surface area contributed by atoms with Crippen molar-refractivity contribution in [1.29, 1.82) is 0 Å². The zero-order valence-corrected chi connectivity index (χ0v) is 19.9. The van der Waals surface area contributed by atoms with Crippen molar-refractivity contribution >= 4 is 50.5 Å². The second kappa shape index (κ2) is 10.4. The van der Waals surface area contributed by atoms with Crippen LogP contribution in [0.1, 0.15) is 26.3 Å². The van der Waals surface area contributed by atoms with Crippen LogP contribution in [0.4, 0.5) is 11.4 Å². The van der Waals surface area contributed by atoms with Gasteiger partial charge >= 0.3 is 0 Å². The number of carbonyl (C=O) groups excluding carboxylic acids is 1. The summed E-state index contributed by atoms with van der Waals surface area (Å²) in [6, 6.07) is 11.4. The molecule has 30 heavy (non-hydrogen) atoms. The van der Waals surface area contributed by atoms with Gasteiger partial charge in [-0.25, -0.2) is 8.42 Å². The third-order valence-electron chi connectivity index (χ3n) is 4.77. The van der Waals surface area contributed by atoms with Crippen LogP contribution < -0.4 is 14.5 Å². The normalized spacial score (nSPS) is 12.3. The quantitative estimate of drug-likeness (QED) is 0.591. The molecule has 9 heteroatoms. The van der Waals surface area contributed by atoms with Crippen LogP contribution in [-0.2, 0) is 21.4 Å². The van der Waals surface area contributed by atoms with Crippen molar-refractivity contribution in [1.82, 2.24) is 5.32 Å². The Kier molecular flexibility index (Phi) is 8.41. The molecule has 0 aliphatic carbocycles. The summed E-state index contributed by atoms with van der Waals surface area (Å²) in [5.41, 5.74) is 2.19. The van der Waals surface area contributed by atoms with Gasteiger partial charge in [-0.05, 0) is 56.7 Å². The molecule has 0 aliphatic heterocycles. The Morgan fingerprint density at radius 3 is 2.20 bits per heavy atom. The average molecular weight is 472 g/mol. The molecule has 2 aromatic rings. The van der Waals surface area contributed by atoms with Crippen LogP contribution in [0.25, 0.3) is 0 Å². The summed E-state index contributed by atoms with van der Waals surface area (Å²) in [4.78, 5) is 15.0. The summed E-state index contributed by atoms with van der Waals surface area (Å²) in [6.07, 6.45) is 1.03. The Hall–Kier alpha value is -1.96. The lowest BCUT2D eigenvalue weighted by molar-refractivity contribution is -0.122. The highest BCUT2D eigenvalue weighted by Crippen LogP contribution is 2.32. The van der Waals surface area contributed by atoms with Gasteiger partial charge in [0.2, 0.25) is 15.9 Å². The van der Waals surface area contributed by atoms with Crippen molar-refractivity contribution < 1.29 is 13.2 Å². The predicted molar refractivity (Wildman–Crippen MR) is 125 cm³/mol. The predicted octanol–water partition coefficient (Wildman–Crippen LogP) is 4.31. The third kappa shape index (κ3) is 6.03. The zero-order valence-electron chi connectivity index (χ0n) is 17.5. The maximum absolute atomic E-state index is 12.7. The molecule has 1 N–H and O–H groups in total. The number of halogens is 2. The van der Waals surface area contributed by atoms with E-state index in [1.54, 1.807) is 6.07 Å². The number of benzene rings is 2. The molecule has 6 nitrogen and oxygen atoms in total. The number of anilines is 2. The van der Waals surface area contributed by atoms with Crippen molar-refractivity contribution in [2.75, 3.05) is 28.6 Å². The van der Waals surface area contributed by atoms with Gasteiger partial charge in [0.05, 0.1) is 17.0 Å². The van der Waals surface area contributed by atoms with Crippen molar-refractivity contribution in [3.05, 3.63) is 58.1 Å². The molecule has 0 radical (unpaired) electrons. The molecule has 0 heterocycles. The van der Waals surface area contributed by atoms with Gasteiger partial charge in [0.1, 0.15) is 6.04 Å². The molecule has 0 fully saturated rings. The highest BCUT2D eigenvalue weighted by Gasteiger charge is 2.30. The lowest BCUT2D eigenvalue weighted by Crippen LogP contribution is -2.47. The number of hydrogen-bond acceptors (Lipinski definition) is 4. The smallest absolute Gasteiger partial charge is 0.243 e. The number of carbonyl (C=O) groups is 1. The van der Waals surface area contributed by atoms with Gasteiger partial charge in [-0.15, -0.1) is 0 Å². The molecule has 1 atom stereocenters. The first-order valence-electron chi connectivity index (χ1n) is 9.64. The zero-order chi connectivity index (χ0) is 22.5. The number of rotatable bonds is 9. The lowest BCUT2D eigenvalue weighted by Gasteiger charge is -2.29. The van der Waals surface area contributed by atoms with Crippen molar-refractivity contribution in [3.63, 3.8) is 0 Å². The van der Waals surface area contributed by atoms with E-state index in [1.807, 2.05) is 24.3 Å². The minimum absolute atomic E-state index is 0.165. The average Bonchev–Trinajstić information content (AvgIpc) is 2.69. The lowest BCUT2D eigenvalue weighted by atomic mass is 10.2. The molecule has 0 saturated heterocycles. The van der Waals surface area contributed by atoms with Gasteiger partial charge in [-0.2, -0.15) is 0 Å². The molecular formula is C21H27Cl2N3O3S. The molecule has 2 rings (SSSR count). The van der Waals surface area contributed by atoms with Gasteiger partial charge in [-0.1, -0.05) is 35.3 Å². The number of amides is 1. The fraction of sp³-hybridized carbons (Fsp3) is 0.381. The fourth-order valence-electron chi connectivity index (χ4n) is 3.19. The maximum Gasteiger partial charge on any atom is 0.243 e. The fourth-order valence-corrected chi connectivity index (χ4v) is 4.79. The Morgan fingerprint density at radius 2 is 1.67 bits per heavy atom. The monoisotopic (exact) mass is 471 g/mol. The minimum Gasteiger partial charge on any atom is -0.372 e. The molecular weight excluding hydrogens is 445 g/mol. The van der Waals surface area contributed by atoms with Crippen LogP contribution in [0.2, 0.25) is 10.0 Å². The maximum atomic E-state index is 12.7. The van der Waals surface area contributed by atoms with Gasteiger partial charge in [0, 0.05) is 30.3 Å². The van der Waals surface area contributed by atoms with Crippen molar-refractivity contribution in [2.45, 2.75) is 33.4 Å². The van der Waals surface area contributed by atoms with Gasteiger partial charge in [0.15, 0.2) is 0 Å². The molecule has 164 valence electrons. The number of hydrogen-bond donors (Lipinski definition) is 1. The summed E-state index contributed by atoms with van der Waals surface area (Å²) < 4.78 is 25.8.